The predicted octanol–water partition coefficient (Wildman–Crippen LogP) is 2.04. The number of imide groups is 2. The Morgan fingerprint density at radius 3 is 2.48 bits per heavy atom. The van der Waals surface area contributed by atoms with E-state index in [1.54, 1.807) is 18.2 Å². The Bertz CT molecular complexity index is 836. The lowest BCUT2D eigenvalue weighted by atomic mass is 10.0. The lowest BCUT2D eigenvalue weighted by Crippen LogP contribution is -2.54. The molecule has 1 saturated heterocycles. The molecule has 1 unspecified atom stereocenters. The number of hydrogen-bond donors (Lipinski definition) is 2. The Labute approximate surface area is 169 Å². The van der Waals surface area contributed by atoms with Gasteiger partial charge in [-0.3, -0.25) is 29.4 Å². The van der Waals surface area contributed by atoms with Gasteiger partial charge >= 0.3 is 0 Å². The molecule has 2 N–H and O–H groups in total. The summed E-state index contributed by atoms with van der Waals surface area (Å²) in [6.45, 7) is 0.742. The standard InChI is InChI=1S/C21H25N3O5/c25-12-6-4-2-1-3-5-11-22-14-7-8-15-16(13-14)21(29)24(20(15)28)17-9-10-18(26)23-19(17)27/h7-8,12-13,17,22H,1-6,9-11H2,(H,23,26,27). The second kappa shape index (κ2) is 9.45. The maximum absolute atomic E-state index is 12.8. The molecule has 8 heteroatoms. The molecule has 0 aromatic heterocycles. The Hall–Kier alpha value is -3.03. The van der Waals surface area contributed by atoms with Crippen molar-refractivity contribution in [3.05, 3.63) is 29.3 Å². The van der Waals surface area contributed by atoms with Crippen LogP contribution in [0, 0.1) is 0 Å². The highest BCUT2D eigenvalue weighted by Crippen LogP contribution is 2.29. The van der Waals surface area contributed by atoms with Gasteiger partial charge in [-0.25, -0.2) is 0 Å². The second-order valence-electron chi connectivity index (χ2n) is 7.36. The number of unbranched alkanes of at least 4 members (excludes halogenated alkanes) is 5. The number of amides is 4. The van der Waals surface area contributed by atoms with Gasteiger partial charge in [-0.2, -0.15) is 0 Å². The lowest BCUT2D eigenvalue weighted by molar-refractivity contribution is -0.136. The molecule has 0 aliphatic carbocycles. The average molecular weight is 399 g/mol. The van der Waals surface area contributed by atoms with Crippen LogP contribution in [0.15, 0.2) is 18.2 Å². The van der Waals surface area contributed by atoms with E-state index in [4.69, 9.17) is 0 Å². The van der Waals surface area contributed by atoms with Crippen molar-refractivity contribution in [3.8, 4) is 0 Å². The van der Waals surface area contributed by atoms with E-state index in [2.05, 4.69) is 10.6 Å². The molecule has 0 saturated carbocycles. The van der Waals surface area contributed by atoms with Gasteiger partial charge < -0.3 is 10.1 Å². The first-order valence-electron chi connectivity index (χ1n) is 10.1. The minimum absolute atomic E-state index is 0.103. The monoisotopic (exact) mass is 399 g/mol. The largest absolute Gasteiger partial charge is 0.385 e. The molecule has 3 rings (SSSR count). The van der Waals surface area contributed by atoms with Crippen LogP contribution in [0.1, 0.15) is 72.1 Å². The Kier molecular flexibility index (Phi) is 6.74. The number of anilines is 1. The molecule has 29 heavy (non-hydrogen) atoms. The van der Waals surface area contributed by atoms with Crippen LogP contribution in [0.3, 0.4) is 0 Å². The van der Waals surface area contributed by atoms with E-state index >= 15 is 0 Å². The van der Waals surface area contributed by atoms with E-state index in [0.717, 1.165) is 55.5 Å². The molecule has 2 heterocycles. The number of benzene rings is 1. The minimum Gasteiger partial charge on any atom is -0.385 e. The van der Waals surface area contributed by atoms with Gasteiger partial charge in [0.15, 0.2) is 0 Å². The number of rotatable bonds is 10. The zero-order chi connectivity index (χ0) is 20.8. The van der Waals surface area contributed by atoms with Crippen molar-refractivity contribution >= 4 is 35.6 Å². The maximum atomic E-state index is 12.8. The molecule has 2 aliphatic rings. The van der Waals surface area contributed by atoms with Crippen LogP contribution in [0.25, 0.3) is 0 Å². The van der Waals surface area contributed by atoms with Crippen molar-refractivity contribution in [1.82, 2.24) is 10.2 Å². The summed E-state index contributed by atoms with van der Waals surface area (Å²) in [4.78, 5) is 60.1. The van der Waals surface area contributed by atoms with E-state index in [-0.39, 0.29) is 24.0 Å². The maximum Gasteiger partial charge on any atom is 0.262 e. The molecule has 0 spiro atoms. The summed E-state index contributed by atoms with van der Waals surface area (Å²) in [5, 5.41) is 5.45. The van der Waals surface area contributed by atoms with Crippen LogP contribution in [-0.4, -0.2) is 47.4 Å². The van der Waals surface area contributed by atoms with Crippen molar-refractivity contribution in [2.24, 2.45) is 0 Å². The molecule has 1 fully saturated rings. The highest BCUT2D eigenvalue weighted by molar-refractivity contribution is 6.23. The molecule has 0 bridgehead atoms. The quantitative estimate of drug-likeness (QED) is 0.354. The fraction of sp³-hybridized carbons (Fsp3) is 0.476. The van der Waals surface area contributed by atoms with Crippen LogP contribution in [0.5, 0.6) is 0 Å². The molecular weight excluding hydrogens is 374 g/mol. The van der Waals surface area contributed by atoms with Crippen molar-refractivity contribution in [1.29, 1.82) is 0 Å². The highest BCUT2D eigenvalue weighted by atomic mass is 16.2. The number of piperidine rings is 1. The van der Waals surface area contributed by atoms with Crippen LogP contribution >= 0.6 is 0 Å². The fourth-order valence-electron chi connectivity index (χ4n) is 3.70. The molecule has 8 nitrogen and oxygen atoms in total. The highest BCUT2D eigenvalue weighted by Gasteiger charge is 2.44. The number of hydrogen-bond acceptors (Lipinski definition) is 6. The second-order valence-corrected chi connectivity index (χ2v) is 7.36. The normalized spacial score (nSPS) is 18.6. The van der Waals surface area contributed by atoms with Gasteiger partial charge in [0.1, 0.15) is 12.3 Å². The predicted molar refractivity (Wildman–Crippen MR) is 105 cm³/mol. The van der Waals surface area contributed by atoms with Crippen molar-refractivity contribution in [2.45, 2.75) is 57.4 Å². The Balaban J connectivity index is 1.56. The summed E-state index contributed by atoms with van der Waals surface area (Å²) in [5.41, 5.74) is 1.30. The van der Waals surface area contributed by atoms with E-state index < -0.39 is 29.7 Å². The zero-order valence-electron chi connectivity index (χ0n) is 16.2. The van der Waals surface area contributed by atoms with Gasteiger partial charge in [-0.1, -0.05) is 19.3 Å². The van der Waals surface area contributed by atoms with E-state index in [1.807, 2.05) is 0 Å². The van der Waals surface area contributed by atoms with E-state index in [0.29, 0.717) is 6.42 Å². The summed E-state index contributed by atoms with van der Waals surface area (Å²) in [7, 11) is 0. The summed E-state index contributed by atoms with van der Waals surface area (Å²) >= 11 is 0. The van der Waals surface area contributed by atoms with Crippen LogP contribution in [-0.2, 0) is 14.4 Å². The lowest BCUT2D eigenvalue weighted by Gasteiger charge is -2.27. The topological polar surface area (TPSA) is 113 Å². The molecule has 154 valence electrons. The third kappa shape index (κ3) is 4.70. The zero-order valence-corrected chi connectivity index (χ0v) is 16.2. The molecule has 4 amide bonds. The van der Waals surface area contributed by atoms with Gasteiger partial charge in [0, 0.05) is 25.1 Å². The first-order valence-corrected chi connectivity index (χ1v) is 10.1. The average Bonchev–Trinajstić information content (AvgIpc) is 2.94. The number of fused-ring (bicyclic) bond motifs is 1. The number of nitrogens with one attached hydrogen (secondary N) is 2. The smallest absolute Gasteiger partial charge is 0.262 e. The summed E-state index contributed by atoms with van der Waals surface area (Å²) in [6.07, 6.45) is 6.89. The summed E-state index contributed by atoms with van der Waals surface area (Å²) in [5.74, 6) is -2.00. The molecule has 1 atom stereocenters. The third-order valence-corrected chi connectivity index (χ3v) is 5.27. The van der Waals surface area contributed by atoms with Crippen molar-refractivity contribution in [3.63, 3.8) is 0 Å². The van der Waals surface area contributed by atoms with Crippen LogP contribution < -0.4 is 10.6 Å². The van der Waals surface area contributed by atoms with E-state index in [9.17, 15) is 24.0 Å². The van der Waals surface area contributed by atoms with Gasteiger partial charge in [0.05, 0.1) is 11.1 Å². The van der Waals surface area contributed by atoms with Gasteiger partial charge in [-0.15, -0.1) is 0 Å². The third-order valence-electron chi connectivity index (χ3n) is 5.27. The Morgan fingerprint density at radius 2 is 1.72 bits per heavy atom. The molecule has 1 aromatic rings. The number of carbonyl (C=O) groups excluding carboxylic acids is 5. The SMILES string of the molecule is O=CCCCCCCCNc1ccc2c(c1)C(=O)N(C1CCC(=O)NC1=O)C2=O. The first kappa shape index (κ1) is 20.7. The minimum atomic E-state index is -0.948. The van der Waals surface area contributed by atoms with E-state index in [1.165, 1.54) is 0 Å². The first-order chi connectivity index (χ1) is 14.0. The van der Waals surface area contributed by atoms with Gasteiger partial charge in [-0.05, 0) is 37.5 Å². The molecular formula is C21H25N3O5. The van der Waals surface area contributed by atoms with Crippen molar-refractivity contribution < 1.29 is 24.0 Å². The van der Waals surface area contributed by atoms with Crippen LogP contribution in [0.4, 0.5) is 5.69 Å². The number of aldehydes is 1. The fourth-order valence-corrected chi connectivity index (χ4v) is 3.70. The molecule has 0 radical (unpaired) electrons. The number of nitrogens with zero attached hydrogens (tertiary/aromatic N) is 1. The number of carbonyl (C=O) groups is 5. The molecule has 1 aromatic carbocycles. The van der Waals surface area contributed by atoms with Gasteiger partial charge in [0.25, 0.3) is 11.8 Å². The van der Waals surface area contributed by atoms with Crippen LogP contribution in [0.2, 0.25) is 0 Å². The van der Waals surface area contributed by atoms with Gasteiger partial charge in [0.2, 0.25) is 11.8 Å². The molecule has 2 aliphatic heterocycles. The summed E-state index contributed by atoms with van der Waals surface area (Å²) < 4.78 is 0. The van der Waals surface area contributed by atoms with Crippen molar-refractivity contribution in [2.75, 3.05) is 11.9 Å². The Morgan fingerprint density at radius 1 is 1.00 bits per heavy atom. The summed E-state index contributed by atoms with van der Waals surface area (Å²) in [6, 6.07) is 4.05.